The van der Waals surface area contributed by atoms with E-state index in [9.17, 15) is 0 Å². The summed E-state index contributed by atoms with van der Waals surface area (Å²) in [6, 6.07) is 3.40. The fourth-order valence-corrected chi connectivity index (χ4v) is 4.83. The zero-order chi connectivity index (χ0) is 13.2. The lowest BCUT2D eigenvalue weighted by molar-refractivity contribution is 0.114. The molecule has 0 aromatic rings. The Balaban J connectivity index is 1.56. The van der Waals surface area contributed by atoms with Crippen molar-refractivity contribution in [1.82, 2.24) is 10.2 Å². The number of fused-ring (bicyclic) bond motifs is 2. The van der Waals surface area contributed by atoms with Crippen LogP contribution in [0.3, 0.4) is 0 Å². The van der Waals surface area contributed by atoms with E-state index in [0.717, 1.165) is 30.1 Å². The molecule has 1 saturated carbocycles. The molecule has 2 heterocycles. The zero-order valence-electron chi connectivity index (χ0n) is 12.9. The highest BCUT2D eigenvalue weighted by Crippen LogP contribution is 2.33. The number of nitrogens with zero attached hydrogens (tertiary/aromatic N) is 1. The number of piperidine rings is 1. The molecule has 0 radical (unpaired) electrons. The van der Waals surface area contributed by atoms with E-state index < -0.39 is 0 Å². The molecule has 4 atom stereocenters. The Morgan fingerprint density at radius 2 is 1.63 bits per heavy atom. The second-order valence-corrected chi connectivity index (χ2v) is 7.36. The van der Waals surface area contributed by atoms with Gasteiger partial charge in [0.2, 0.25) is 0 Å². The largest absolute Gasteiger partial charge is 0.311 e. The van der Waals surface area contributed by atoms with Crippen LogP contribution in [0, 0.1) is 5.92 Å². The van der Waals surface area contributed by atoms with Crippen LogP contribution in [0.15, 0.2) is 0 Å². The lowest BCUT2D eigenvalue weighted by Crippen LogP contribution is -2.49. The summed E-state index contributed by atoms with van der Waals surface area (Å²) in [5.74, 6) is 1.02. The van der Waals surface area contributed by atoms with Gasteiger partial charge in [-0.25, -0.2) is 0 Å². The Morgan fingerprint density at radius 3 is 2.32 bits per heavy atom. The predicted molar refractivity (Wildman–Crippen MR) is 81.4 cm³/mol. The molecule has 0 amide bonds. The van der Waals surface area contributed by atoms with E-state index in [0.29, 0.717) is 0 Å². The molecule has 3 fully saturated rings. The van der Waals surface area contributed by atoms with Crippen LogP contribution in [-0.4, -0.2) is 36.1 Å². The summed E-state index contributed by atoms with van der Waals surface area (Å²) < 4.78 is 0. The second-order valence-electron chi connectivity index (χ2n) is 7.36. The molecule has 3 aliphatic rings. The Hall–Kier alpha value is -0.0800. The minimum atomic E-state index is 0.834. The Labute approximate surface area is 119 Å². The first kappa shape index (κ1) is 13.9. The molecule has 0 spiro atoms. The molecular weight excluding hydrogens is 232 g/mol. The van der Waals surface area contributed by atoms with Gasteiger partial charge in [-0.05, 0) is 57.9 Å². The smallest absolute Gasteiger partial charge is 0.0125 e. The van der Waals surface area contributed by atoms with Crippen LogP contribution < -0.4 is 5.32 Å². The van der Waals surface area contributed by atoms with E-state index in [-0.39, 0.29) is 0 Å². The Kier molecular flexibility index (Phi) is 4.48. The molecule has 3 rings (SSSR count). The third-order valence-electron chi connectivity index (χ3n) is 6.24. The van der Waals surface area contributed by atoms with Crippen LogP contribution >= 0.6 is 0 Å². The number of hydrogen-bond acceptors (Lipinski definition) is 2. The summed E-state index contributed by atoms with van der Waals surface area (Å²) >= 11 is 0. The summed E-state index contributed by atoms with van der Waals surface area (Å²) in [5, 5.41) is 3.78. The van der Waals surface area contributed by atoms with Gasteiger partial charge in [-0.3, -0.25) is 0 Å². The minimum absolute atomic E-state index is 0.834. The van der Waals surface area contributed by atoms with Crippen molar-refractivity contribution in [3.05, 3.63) is 0 Å². The summed E-state index contributed by atoms with van der Waals surface area (Å²) in [5.41, 5.74) is 0. The monoisotopic (exact) mass is 264 g/mol. The fourth-order valence-electron chi connectivity index (χ4n) is 4.83. The SMILES string of the molecule is CCC1CCCC(N(C)C2CC3CCC(C2)N3)CC1. The van der Waals surface area contributed by atoms with Crippen molar-refractivity contribution in [3.63, 3.8) is 0 Å². The maximum absolute atomic E-state index is 3.78. The molecule has 2 nitrogen and oxygen atoms in total. The maximum Gasteiger partial charge on any atom is 0.0125 e. The van der Waals surface area contributed by atoms with Gasteiger partial charge in [0.15, 0.2) is 0 Å². The van der Waals surface area contributed by atoms with Crippen molar-refractivity contribution >= 4 is 0 Å². The van der Waals surface area contributed by atoms with Crippen LogP contribution in [0.4, 0.5) is 0 Å². The molecule has 4 unspecified atom stereocenters. The van der Waals surface area contributed by atoms with E-state index in [2.05, 4.69) is 24.2 Å². The molecule has 0 aromatic heterocycles. The predicted octanol–water partition coefficient (Wildman–Crippen LogP) is 3.56. The quantitative estimate of drug-likeness (QED) is 0.784. The maximum atomic E-state index is 3.78. The topological polar surface area (TPSA) is 15.3 Å². The van der Waals surface area contributed by atoms with E-state index >= 15 is 0 Å². The van der Waals surface area contributed by atoms with Crippen LogP contribution in [0.1, 0.15) is 71.1 Å². The Bertz CT molecular complexity index is 279. The van der Waals surface area contributed by atoms with Crippen LogP contribution in [0.25, 0.3) is 0 Å². The van der Waals surface area contributed by atoms with E-state index in [4.69, 9.17) is 0 Å². The molecule has 2 heteroatoms. The summed E-state index contributed by atoms with van der Waals surface area (Å²) in [7, 11) is 2.42. The fraction of sp³-hybridized carbons (Fsp3) is 1.00. The highest BCUT2D eigenvalue weighted by molar-refractivity contribution is 4.96. The van der Waals surface area contributed by atoms with E-state index in [1.54, 1.807) is 0 Å². The molecule has 2 saturated heterocycles. The van der Waals surface area contributed by atoms with Gasteiger partial charge >= 0.3 is 0 Å². The third-order valence-corrected chi connectivity index (χ3v) is 6.24. The summed E-state index contributed by atoms with van der Waals surface area (Å²) in [6.45, 7) is 2.37. The molecule has 2 bridgehead atoms. The first-order valence-electron chi connectivity index (χ1n) is 8.74. The zero-order valence-corrected chi connectivity index (χ0v) is 12.9. The minimum Gasteiger partial charge on any atom is -0.311 e. The van der Waals surface area contributed by atoms with Crippen molar-refractivity contribution in [2.24, 2.45) is 5.92 Å². The van der Waals surface area contributed by atoms with Crippen LogP contribution in [0.5, 0.6) is 0 Å². The van der Waals surface area contributed by atoms with Gasteiger partial charge in [-0.1, -0.05) is 26.2 Å². The van der Waals surface area contributed by atoms with Gasteiger partial charge in [0, 0.05) is 24.2 Å². The average Bonchev–Trinajstić information content (AvgIpc) is 2.67. The molecule has 2 aliphatic heterocycles. The summed E-state index contributed by atoms with van der Waals surface area (Å²) in [4.78, 5) is 2.78. The van der Waals surface area contributed by atoms with Crippen molar-refractivity contribution in [1.29, 1.82) is 0 Å². The highest BCUT2D eigenvalue weighted by atomic mass is 15.2. The van der Waals surface area contributed by atoms with E-state index in [1.165, 1.54) is 64.2 Å². The van der Waals surface area contributed by atoms with Crippen LogP contribution in [0.2, 0.25) is 0 Å². The molecular formula is C17H32N2. The second kappa shape index (κ2) is 6.13. The molecule has 1 N–H and O–H groups in total. The van der Waals surface area contributed by atoms with Gasteiger partial charge in [0.05, 0.1) is 0 Å². The standard InChI is InChI=1S/C17H32N2/c1-3-13-5-4-6-16(10-7-13)19(2)17-11-14-8-9-15(12-17)18-14/h13-18H,3-12H2,1-2H3. The van der Waals surface area contributed by atoms with E-state index in [1.807, 2.05) is 0 Å². The first-order chi connectivity index (χ1) is 9.26. The molecule has 0 aromatic carbocycles. The number of rotatable bonds is 3. The van der Waals surface area contributed by atoms with Crippen LogP contribution in [-0.2, 0) is 0 Å². The third kappa shape index (κ3) is 3.16. The lowest BCUT2D eigenvalue weighted by atomic mass is 9.95. The molecule has 19 heavy (non-hydrogen) atoms. The average molecular weight is 264 g/mol. The van der Waals surface area contributed by atoms with Gasteiger partial charge in [-0.2, -0.15) is 0 Å². The van der Waals surface area contributed by atoms with Crippen molar-refractivity contribution in [3.8, 4) is 0 Å². The Morgan fingerprint density at radius 1 is 0.895 bits per heavy atom. The molecule has 1 aliphatic carbocycles. The normalized spacial score (nSPS) is 43.4. The number of hydrogen-bond donors (Lipinski definition) is 1. The van der Waals surface area contributed by atoms with Crippen molar-refractivity contribution in [2.75, 3.05) is 7.05 Å². The van der Waals surface area contributed by atoms with Crippen molar-refractivity contribution < 1.29 is 0 Å². The number of nitrogens with one attached hydrogen (secondary N) is 1. The molecule has 110 valence electrons. The lowest BCUT2D eigenvalue weighted by Gasteiger charge is -2.40. The van der Waals surface area contributed by atoms with Gasteiger partial charge in [0.25, 0.3) is 0 Å². The highest BCUT2D eigenvalue weighted by Gasteiger charge is 2.36. The van der Waals surface area contributed by atoms with Gasteiger partial charge < -0.3 is 10.2 Å². The van der Waals surface area contributed by atoms with Gasteiger partial charge in [0.1, 0.15) is 0 Å². The van der Waals surface area contributed by atoms with Gasteiger partial charge in [-0.15, -0.1) is 0 Å². The van der Waals surface area contributed by atoms with Crippen molar-refractivity contribution in [2.45, 2.75) is 95.3 Å². The summed E-state index contributed by atoms with van der Waals surface area (Å²) in [6.07, 6.45) is 14.4. The first-order valence-corrected chi connectivity index (χ1v) is 8.74.